The number of rotatable bonds is 15. The van der Waals surface area contributed by atoms with Crippen LogP contribution >= 0.6 is 0 Å². The molecular formula is C32H36O5. The van der Waals surface area contributed by atoms with Gasteiger partial charge in [0.05, 0.1) is 12.7 Å². The Bertz CT molecular complexity index is 1140. The van der Waals surface area contributed by atoms with Gasteiger partial charge in [-0.25, -0.2) is 4.79 Å². The Labute approximate surface area is 220 Å². The van der Waals surface area contributed by atoms with Gasteiger partial charge < -0.3 is 19.3 Å². The molecule has 5 nitrogen and oxygen atoms in total. The number of carbonyl (C=O) groups is 1. The van der Waals surface area contributed by atoms with E-state index >= 15 is 0 Å². The Hall–Kier alpha value is -3.83. The second-order valence-corrected chi connectivity index (χ2v) is 8.98. The molecular weight excluding hydrogens is 464 g/mol. The van der Waals surface area contributed by atoms with Crippen molar-refractivity contribution in [2.75, 3.05) is 0 Å². The molecule has 0 spiro atoms. The third kappa shape index (κ3) is 8.96. The summed E-state index contributed by atoms with van der Waals surface area (Å²) in [5.74, 6) is -0.285. The van der Waals surface area contributed by atoms with E-state index in [2.05, 4.69) is 13.2 Å². The largest absolute Gasteiger partial charge is 0.507 e. The van der Waals surface area contributed by atoms with Crippen molar-refractivity contribution >= 4 is 5.97 Å². The molecule has 0 saturated carbocycles. The molecule has 37 heavy (non-hydrogen) atoms. The van der Waals surface area contributed by atoms with Gasteiger partial charge in [0, 0.05) is 12.5 Å². The lowest BCUT2D eigenvalue weighted by atomic mass is 10.0. The summed E-state index contributed by atoms with van der Waals surface area (Å²) in [5, 5.41) is 10.7. The summed E-state index contributed by atoms with van der Waals surface area (Å²) in [6, 6.07) is 22.9. The second-order valence-electron chi connectivity index (χ2n) is 8.98. The monoisotopic (exact) mass is 500 g/mol. The minimum Gasteiger partial charge on any atom is -0.507 e. The first-order valence-corrected chi connectivity index (χ1v) is 12.6. The minimum atomic E-state index is -0.581. The highest BCUT2D eigenvalue weighted by Gasteiger charge is 2.23. The van der Waals surface area contributed by atoms with Crippen molar-refractivity contribution in [2.24, 2.45) is 0 Å². The topological polar surface area (TPSA) is 65.0 Å². The molecule has 194 valence electrons. The molecule has 1 N–H and O–H groups in total. The molecule has 0 aromatic heterocycles. The van der Waals surface area contributed by atoms with Crippen LogP contribution in [0.25, 0.3) is 0 Å². The van der Waals surface area contributed by atoms with Gasteiger partial charge in [0.1, 0.15) is 29.8 Å². The highest BCUT2D eigenvalue weighted by atomic mass is 16.5. The maximum Gasteiger partial charge on any atom is 0.342 e. The summed E-state index contributed by atoms with van der Waals surface area (Å²) >= 11 is 0. The fourth-order valence-electron chi connectivity index (χ4n) is 4.05. The van der Waals surface area contributed by atoms with Gasteiger partial charge in [0.15, 0.2) is 0 Å². The summed E-state index contributed by atoms with van der Waals surface area (Å²) in [6.07, 6.45) is 5.52. The number of hydrogen-bond acceptors (Lipinski definition) is 5. The van der Waals surface area contributed by atoms with Gasteiger partial charge in [-0.1, -0.05) is 72.8 Å². The molecule has 3 aromatic carbocycles. The maximum atomic E-state index is 13.1. The number of carbonyl (C=O) groups excluding carboxylic acids is 1. The summed E-state index contributed by atoms with van der Waals surface area (Å²) in [6.45, 7) is 10.3. The highest BCUT2D eigenvalue weighted by molar-refractivity contribution is 5.94. The number of hydrogen-bond donors (Lipinski definition) is 1. The van der Waals surface area contributed by atoms with Crippen LogP contribution in [0.5, 0.6) is 11.5 Å². The first-order chi connectivity index (χ1) is 18.0. The van der Waals surface area contributed by atoms with Gasteiger partial charge in [-0.15, -0.1) is 13.2 Å². The number of phenols is 1. The van der Waals surface area contributed by atoms with Crippen molar-refractivity contribution in [3.63, 3.8) is 0 Å². The zero-order valence-electron chi connectivity index (χ0n) is 21.5. The first kappa shape index (κ1) is 27.8. The van der Waals surface area contributed by atoms with Crippen molar-refractivity contribution < 1.29 is 24.1 Å². The predicted molar refractivity (Wildman–Crippen MR) is 147 cm³/mol. The standard InChI is InChI=1S/C32H36O5/c1-4-6-18-28(35-22-25-14-9-7-10-15-25)19-24(3)37-32(34)31-27(13-5-2)20-29(21-30(31)33)36-23-26-16-11-8-12-17-26/h4-5,7-12,14-17,20-21,24,28,33H,1-2,6,13,18-19,22-23H2,3H3/t24-,28-/m1/s1. The van der Waals surface area contributed by atoms with Gasteiger partial charge in [-0.3, -0.25) is 0 Å². The van der Waals surface area contributed by atoms with Crippen LogP contribution in [0.1, 0.15) is 53.2 Å². The van der Waals surface area contributed by atoms with Crippen molar-refractivity contribution in [3.8, 4) is 11.5 Å². The van der Waals surface area contributed by atoms with E-state index in [1.54, 1.807) is 12.1 Å². The molecule has 0 heterocycles. The molecule has 2 atom stereocenters. The lowest BCUT2D eigenvalue weighted by Gasteiger charge is -2.22. The average Bonchev–Trinajstić information content (AvgIpc) is 2.90. The Balaban J connectivity index is 1.66. The van der Waals surface area contributed by atoms with Gasteiger partial charge in [-0.05, 0) is 48.9 Å². The molecule has 0 saturated heterocycles. The van der Waals surface area contributed by atoms with Crippen LogP contribution in [0.3, 0.4) is 0 Å². The number of esters is 1. The summed E-state index contributed by atoms with van der Waals surface area (Å²) in [7, 11) is 0. The molecule has 0 aliphatic rings. The van der Waals surface area contributed by atoms with Crippen molar-refractivity contribution in [2.45, 2.75) is 58.0 Å². The van der Waals surface area contributed by atoms with E-state index in [1.165, 1.54) is 6.07 Å². The zero-order valence-corrected chi connectivity index (χ0v) is 21.5. The summed E-state index contributed by atoms with van der Waals surface area (Å²) in [4.78, 5) is 13.1. The maximum absolute atomic E-state index is 13.1. The van der Waals surface area contributed by atoms with E-state index in [4.69, 9.17) is 14.2 Å². The van der Waals surface area contributed by atoms with Crippen molar-refractivity contribution in [1.82, 2.24) is 0 Å². The van der Waals surface area contributed by atoms with E-state index in [1.807, 2.05) is 73.7 Å². The molecule has 0 bridgehead atoms. The van der Waals surface area contributed by atoms with E-state index in [9.17, 15) is 9.90 Å². The van der Waals surface area contributed by atoms with Crippen LogP contribution < -0.4 is 4.74 Å². The zero-order chi connectivity index (χ0) is 26.5. The lowest BCUT2D eigenvalue weighted by molar-refractivity contribution is -0.0114. The van der Waals surface area contributed by atoms with Gasteiger partial charge in [0.2, 0.25) is 0 Å². The van der Waals surface area contributed by atoms with Crippen molar-refractivity contribution in [1.29, 1.82) is 0 Å². The number of aromatic hydroxyl groups is 1. The molecule has 0 aliphatic heterocycles. The van der Waals surface area contributed by atoms with Gasteiger partial charge in [-0.2, -0.15) is 0 Å². The van der Waals surface area contributed by atoms with Crippen LogP contribution in [0.15, 0.2) is 98.1 Å². The van der Waals surface area contributed by atoms with Crippen LogP contribution in [0.4, 0.5) is 0 Å². The predicted octanol–water partition coefficient (Wildman–Crippen LogP) is 7.19. The number of allylic oxidation sites excluding steroid dienone is 2. The Morgan fingerprint density at radius 3 is 2.22 bits per heavy atom. The van der Waals surface area contributed by atoms with Gasteiger partial charge in [0.25, 0.3) is 0 Å². The lowest BCUT2D eigenvalue weighted by Crippen LogP contribution is -2.24. The van der Waals surface area contributed by atoms with Crippen molar-refractivity contribution in [3.05, 3.63) is 120 Å². The highest BCUT2D eigenvalue weighted by Crippen LogP contribution is 2.30. The molecule has 0 unspecified atom stereocenters. The normalized spacial score (nSPS) is 12.4. The quantitative estimate of drug-likeness (QED) is 0.177. The summed E-state index contributed by atoms with van der Waals surface area (Å²) < 4.78 is 17.7. The summed E-state index contributed by atoms with van der Waals surface area (Å²) in [5.41, 5.74) is 2.82. The smallest absolute Gasteiger partial charge is 0.342 e. The fraction of sp³-hybridized carbons (Fsp3) is 0.281. The third-order valence-corrected chi connectivity index (χ3v) is 5.91. The average molecular weight is 501 g/mol. The molecule has 0 radical (unpaired) electrons. The Morgan fingerprint density at radius 2 is 1.59 bits per heavy atom. The van der Waals surface area contributed by atoms with Crippen LogP contribution in [-0.4, -0.2) is 23.3 Å². The Morgan fingerprint density at radius 1 is 0.946 bits per heavy atom. The number of ether oxygens (including phenoxy) is 3. The third-order valence-electron chi connectivity index (χ3n) is 5.91. The van der Waals surface area contributed by atoms with Crippen LogP contribution in [0, 0.1) is 0 Å². The van der Waals surface area contributed by atoms with E-state index in [0.29, 0.717) is 37.4 Å². The molecule has 3 aromatic rings. The number of benzene rings is 3. The second kappa shape index (κ2) is 14.7. The van der Waals surface area contributed by atoms with E-state index in [-0.39, 0.29) is 17.4 Å². The number of phenolic OH excluding ortho intramolecular Hbond substituents is 1. The molecule has 5 heteroatoms. The molecule has 3 rings (SSSR count). The van der Waals surface area contributed by atoms with E-state index in [0.717, 1.165) is 24.0 Å². The van der Waals surface area contributed by atoms with Gasteiger partial charge >= 0.3 is 5.97 Å². The minimum absolute atomic E-state index is 0.101. The molecule has 0 amide bonds. The molecule has 0 fully saturated rings. The SMILES string of the molecule is C=CCC[C@H](C[C@@H](C)OC(=O)c1c(O)cc(OCc2ccccc2)cc1CC=C)OCc1ccccc1. The van der Waals surface area contributed by atoms with E-state index < -0.39 is 12.1 Å². The first-order valence-electron chi connectivity index (χ1n) is 12.6. The van der Waals surface area contributed by atoms with Crippen LogP contribution in [-0.2, 0) is 29.1 Å². The fourth-order valence-corrected chi connectivity index (χ4v) is 4.05. The van der Waals surface area contributed by atoms with Crippen LogP contribution in [0.2, 0.25) is 0 Å². The molecule has 0 aliphatic carbocycles. The Kier molecular flexibility index (Phi) is 11.0.